The van der Waals surface area contributed by atoms with E-state index in [1.807, 2.05) is 10.6 Å². The standard InChI is InChI=1S/C22H20N4O8/c1-34-20(29)13-7-9-15(10-8-13)22(32,33)26-19(28)17-11-16(23-12-24-17)18(27)25-21(30,31)14-5-3-2-4-6-14/h2-12,30-33H,1H3,(H,25,27)(H,26,28). The quantitative estimate of drug-likeness (QED) is 0.191. The van der Waals surface area contributed by atoms with Gasteiger partial charge in [-0.05, 0) is 12.1 Å². The molecular formula is C22H20N4O8. The molecule has 0 spiro atoms. The fraction of sp³-hybridized carbons (Fsp3) is 0.136. The molecule has 34 heavy (non-hydrogen) atoms. The highest BCUT2D eigenvalue weighted by Gasteiger charge is 2.31. The molecule has 0 saturated carbocycles. The predicted octanol–water partition coefficient (Wildman–Crippen LogP) is -0.687. The van der Waals surface area contributed by atoms with Crippen molar-refractivity contribution in [1.82, 2.24) is 20.6 Å². The molecule has 0 radical (unpaired) electrons. The number of ether oxygens (including phenoxy) is 1. The molecule has 0 aliphatic rings. The van der Waals surface area contributed by atoms with E-state index in [4.69, 9.17) is 0 Å². The second kappa shape index (κ2) is 9.72. The predicted molar refractivity (Wildman–Crippen MR) is 113 cm³/mol. The van der Waals surface area contributed by atoms with Crippen LogP contribution in [0.1, 0.15) is 42.5 Å². The van der Waals surface area contributed by atoms with Gasteiger partial charge in [0.15, 0.2) is 0 Å². The fourth-order valence-electron chi connectivity index (χ4n) is 2.82. The molecule has 12 nitrogen and oxygen atoms in total. The molecule has 12 heteroatoms. The third kappa shape index (κ3) is 5.57. The van der Waals surface area contributed by atoms with Gasteiger partial charge in [-0.2, -0.15) is 0 Å². The summed E-state index contributed by atoms with van der Waals surface area (Å²) in [6, 6.07) is 13.3. The van der Waals surface area contributed by atoms with Gasteiger partial charge in [0, 0.05) is 17.2 Å². The highest BCUT2D eigenvalue weighted by atomic mass is 16.5. The Balaban J connectivity index is 1.74. The average Bonchev–Trinajstić information content (AvgIpc) is 2.83. The number of methoxy groups -OCH3 is 1. The number of aliphatic hydroxyl groups is 4. The molecule has 0 aliphatic carbocycles. The second-order valence-corrected chi connectivity index (χ2v) is 6.98. The lowest BCUT2D eigenvalue weighted by molar-refractivity contribution is -0.186. The van der Waals surface area contributed by atoms with E-state index in [1.54, 1.807) is 6.07 Å². The Morgan fingerprint density at radius 2 is 1.24 bits per heavy atom. The molecular weight excluding hydrogens is 448 g/mol. The number of carbonyl (C=O) groups is 3. The molecule has 1 heterocycles. The Hall–Kier alpha value is -4.23. The number of nitrogens with one attached hydrogen (secondary N) is 2. The normalized spacial score (nSPS) is 11.4. The van der Waals surface area contributed by atoms with E-state index in [-0.39, 0.29) is 16.7 Å². The van der Waals surface area contributed by atoms with Crippen molar-refractivity contribution in [2.75, 3.05) is 7.11 Å². The Labute approximate surface area is 192 Å². The van der Waals surface area contributed by atoms with Crippen molar-refractivity contribution in [2.24, 2.45) is 0 Å². The van der Waals surface area contributed by atoms with Gasteiger partial charge < -0.3 is 25.2 Å². The van der Waals surface area contributed by atoms with E-state index in [1.165, 1.54) is 55.6 Å². The topological polar surface area (TPSA) is 191 Å². The first-order chi connectivity index (χ1) is 16.0. The number of aromatic nitrogens is 2. The van der Waals surface area contributed by atoms with Crippen LogP contribution >= 0.6 is 0 Å². The lowest BCUT2D eigenvalue weighted by atomic mass is 10.1. The first-order valence-corrected chi connectivity index (χ1v) is 9.64. The number of carbonyl (C=O) groups excluding carboxylic acids is 3. The van der Waals surface area contributed by atoms with Gasteiger partial charge in [-0.25, -0.2) is 14.8 Å². The number of nitrogens with zero attached hydrogens (tertiary/aromatic N) is 2. The molecule has 0 unspecified atom stereocenters. The molecule has 0 fully saturated rings. The van der Waals surface area contributed by atoms with Crippen LogP contribution in [0.3, 0.4) is 0 Å². The summed E-state index contributed by atoms with van der Waals surface area (Å²) < 4.78 is 4.56. The lowest BCUT2D eigenvalue weighted by Gasteiger charge is -2.23. The number of rotatable bonds is 7. The maximum Gasteiger partial charge on any atom is 0.337 e. The molecule has 1 aromatic heterocycles. The smallest absolute Gasteiger partial charge is 0.337 e. The minimum atomic E-state index is -2.85. The Morgan fingerprint density at radius 1 is 0.765 bits per heavy atom. The van der Waals surface area contributed by atoms with Crippen LogP contribution in [0.2, 0.25) is 0 Å². The van der Waals surface area contributed by atoms with E-state index in [2.05, 4.69) is 14.7 Å². The largest absolute Gasteiger partial charge is 0.465 e. The minimum absolute atomic E-state index is 0.0149. The molecule has 2 aromatic carbocycles. The molecule has 3 rings (SSSR count). The molecule has 3 aromatic rings. The lowest BCUT2D eigenvalue weighted by Crippen LogP contribution is -2.47. The summed E-state index contributed by atoms with van der Waals surface area (Å²) in [4.78, 5) is 43.8. The number of esters is 1. The summed E-state index contributed by atoms with van der Waals surface area (Å²) in [5.41, 5.74) is -0.848. The van der Waals surface area contributed by atoms with E-state index >= 15 is 0 Å². The van der Waals surface area contributed by atoms with Crippen molar-refractivity contribution >= 4 is 17.8 Å². The summed E-state index contributed by atoms with van der Waals surface area (Å²) in [5, 5.41) is 44.8. The molecule has 0 saturated heterocycles. The summed E-state index contributed by atoms with van der Waals surface area (Å²) in [7, 11) is 1.19. The van der Waals surface area contributed by atoms with Crippen molar-refractivity contribution < 1.29 is 39.5 Å². The SMILES string of the molecule is COC(=O)c1ccc(C(O)(O)NC(=O)c2cc(C(=O)NC(O)(O)c3ccccc3)ncn2)cc1. The van der Waals surface area contributed by atoms with E-state index in [0.29, 0.717) is 0 Å². The van der Waals surface area contributed by atoms with Gasteiger partial charge in [-0.3, -0.25) is 20.2 Å². The zero-order valence-corrected chi connectivity index (χ0v) is 17.7. The van der Waals surface area contributed by atoms with Crippen LogP contribution < -0.4 is 10.6 Å². The summed E-state index contributed by atoms with van der Waals surface area (Å²) >= 11 is 0. The first kappa shape index (κ1) is 24.4. The van der Waals surface area contributed by atoms with Gasteiger partial charge in [0.25, 0.3) is 23.6 Å². The van der Waals surface area contributed by atoms with Crippen molar-refractivity contribution in [1.29, 1.82) is 0 Å². The van der Waals surface area contributed by atoms with Crippen LogP contribution in [0.15, 0.2) is 67.0 Å². The van der Waals surface area contributed by atoms with E-state index in [9.17, 15) is 34.8 Å². The van der Waals surface area contributed by atoms with E-state index in [0.717, 1.165) is 12.4 Å². The van der Waals surface area contributed by atoms with Crippen LogP contribution in [-0.4, -0.2) is 55.3 Å². The summed E-state index contributed by atoms with van der Waals surface area (Å²) in [6.07, 6.45) is 0.865. The highest BCUT2D eigenvalue weighted by molar-refractivity contribution is 5.97. The first-order valence-electron chi connectivity index (χ1n) is 9.64. The molecule has 176 valence electrons. The van der Waals surface area contributed by atoms with Crippen LogP contribution in [0, 0.1) is 0 Å². The second-order valence-electron chi connectivity index (χ2n) is 6.98. The van der Waals surface area contributed by atoms with Crippen molar-refractivity contribution in [3.63, 3.8) is 0 Å². The number of hydrogen-bond acceptors (Lipinski definition) is 10. The maximum atomic E-state index is 12.5. The number of amides is 2. The number of benzene rings is 2. The van der Waals surface area contributed by atoms with Gasteiger partial charge in [0.1, 0.15) is 17.7 Å². The monoisotopic (exact) mass is 468 g/mol. The Kier molecular flexibility index (Phi) is 6.98. The Bertz CT molecular complexity index is 1200. The van der Waals surface area contributed by atoms with Crippen LogP contribution in [0.4, 0.5) is 0 Å². The molecule has 6 N–H and O–H groups in total. The zero-order valence-electron chi connectivity index (χ0n) is 17.7. The average molecular weight is 468 g/mol. The van der Waals surface area contributed by atoms with Crippen molar-refractivity contribution in [3.05, 3.63) is 95.1 Å². The Morgan fingerprint density at radius 3 is 1.71 bits per heavy atom. The minimum Gasteiger partial charge on any atom is -0.465 e. The summed E-state index contributed by atoms with van der Waals surface area (Å²) in [5.74, 6) is -8.32. The van der Waals surface area contributed by atoms with Crippen molar-refractivity contribution in [2.45, 2.75) is 11.8 Å². The molecule has 0 bridgehead atoms. The van der Waals surface area contributed by atoms with Crippen LogP contribution in [0.5, 0.6) is 0 Å². The fourth-order valence-corrected chi connectivity index (χ4v) is 2.82. The molecule has 2 amide bonds. The third-order valence-corrected chi connectivity index (χ3v) is 4.59. The van der Waals surface area contributed by atoms with E-state index < -0.39 is 41.0 Å². The number of hydrogen-bond donors (Lipinski definition) is 6. The third-order valence-electron chi connectivity index (χ3n) is 4.59. The van der Waals surface area contributed by atoms with Gasteiger partial charge in [0.05, 0.1) is 12.7 Å². The molecule has 0 aliphatic heterocycles. The molecule has 0 atom stereocenters. The van der Waals surface area contributed by atoms with Gasteiger partial charge in [-0.15, -0.1) is 0 Å². The van der Waals surface area contributed by atoms with Gasteiger partial charge in [-0.1, -0.05) is 42.5 Å². The zero-order chi connectivity index (χ0) is 24.9. The van der Waals surface area contributed by atoms with Gasteiger partial charge >= 0.3 is 5.97 Å². The van der Waals surface area contributed by atoms with Crippen LogP contribution in [0.25, 0.3) is 0 Å². The van der Waals surface area contributed by atoms with Crippen LogP contribution in [-0.2, 0) is 16.6 Å². The highest BCUT2D eigenvalue weighted by Crippen LogP contribution is 2.18. The maximum absolute atomic E-state index is 12.5. The summed E-state index contributed by atoms with van der Waals surface area (Å²) in [6.45, 7) is 0. The van der Waals surface area contributed by atoms with Gasteiger partial charge in [0.2, 0.25) is 0 Å². The van der Waals surface area contributed by atoms with Crippen molar-refractivity contribution in [3.8, 4) is 0 Å².